The molecular weight excluding hydrogens is 304 g/mol. The summed E-state index contributed by atoms with van der Waals surface area (Å²) in [4.78, 5) is 2.21. The molecule has 0 unspecified atom stereocenters. The van der Waals surface area contributed by atoms with Gasteiger partial charge in [0.25, 0.3) is 0 Å². The van der Waals surface area contributed by atoms with Gasteiger partial charge in [0.1, 0.15) is 0 Å². The molecule has 5 heteroatoms. The third-order valence-electron chi connectivity index (χ3n) is 4.41. The van der Waals surface area contributed by atoms with Crippen molar-refractivity contribution in [3.63, 3.8) is 0 Å². The van der Waals surface area contributed by atoms with E-state index in [2.05, 4.69) is 64.1 Å². The van der Waals surface area contributed by atoms with Crippen LogP contribution >= 0.6 is 11.8 Å². The molecule has 0 radical (unpaired) electrons. The van der Waals surface area contributed by atoms with Crippen LogP contribution in [0.3, 0.4) is 0 Å². The molecule has 0 spiro atoms. The predicted molar refractivity (Wildman–Crippen MR) is 96.9 cm³/mol. The van der Waals surface area contributed by atoms with E-state index < -0.39 is 0 Å². The fourth-order valence-corrected chi connectivity index (χ4v) is 4.26. The van der Waals surface area contributed by atoms with Gasteiger partial charge in [0.05, 0.1) is 0 Å². The lowest BCUT2D eigenvalue weighted by Crippen LogP contribution is -2.17. The van der Waals surface area contributed by atoms with Crippen LogP contribution in [0.1, 0.15) is 38.1 Å². The molecule has 23 heavy (non-hydrogen) atoms. The quantitative estimate of drug-likeness (QED) is 0.747. The maximum Gasteiger partial charge on any atom is 0.191 e. The highest BCUT2D eigenvalue weighted by Gasteiger charge is 2.23. The Kier molecular flexibility index (Phi) is 5.73. The molecule has 4 nitrogen and oxygen atoms in total. The number of thioether (sulfide) groups is 1. The normalized spacial score (nSPS) is 16.1. The van der Waals surface area contributed by atoms with Crippen molar-refractivity contribution in [3.8, 4) is 11.4 Å². The first-order valence-corrected chi connectivity index (χ1v) is 9.52. The van der Waals surface area contributed by atoms with Gasteiger partial charge in [0.15, 0.2) is 11.0 Å². The second kappa shape index (κ2) is 7.97. The Bertz CT molecular complexity index is 603. The summed E-state index contributed by atoms with van der Waals surface area (Å²) in [6, 6.07) is 11.0. The first kappa shape index (κ1) is 16.5. The number of hydrogen-bond acceptors (Lipinski definition) is 4. The molecule has 2 aromatic rings. The molecule has 0 N–H and O–H groups in total. The second-order valence-electron chi connectivity index (χ2n) is 6.49. The van der Waals surface area contributed by atoms with Crippen LogP contribution in [0.2, 0.25) is 0 Å². The molecule has 1 aromatic heterocycles. The van der Waals surface area contributed by atoms with Crippen molar-refractivity contribution in [1.82, 2.24) is 19.7 Å². The van der Waals surface area contributed by atoms with Crippen molar-refractivity contribution < 1.29 is 0 Å². The van der Waals surface area contributed by atoms with Crippen LogP contribution in [0, 0.1) is 0 Å². The van der Waals surface area contributed by atoms with Crippen LogP contribution in [0.15, 0.2) is 35.5 Å². The first-order valence-electron chi connectivity index (χ1n) is 8.53. The van der Waals surface area contributed by atoms with Gasteiger partial charge in [-0.3, -0.25) is 4.57 Å². The van der Waals surface area contributed by atoms with Gasteiger partial charge in [-0.05, 0) is 26.9 Å². The predicted octanol–water partition coefficient (Wildman–Crippen LogP) is 4.10. The van der Waals surface area contributed by atoms with Gasteiger partial charge in [0.2, 0.25) is 0 Å². The smallest absolute Gasteiger partial charge is 0.191 e. The van der Waals surface area contributed by atoms with E-state index in [0.717, 1.165) is 23.3 Å². The van der Waals surface area contributed by atoms with Crippen LogP contribution < -0.4 is 0 Å². The van der Waals surface area contributed by atoms with Gasteiger partial charge >= 0.3 is 0 Å². The van der Waals surface area contributed by atoms with E-state index in [4.69, 9.17) is 0 Å². The number of nitrogens with zero attached hydrogens (tertiary/aromatic N) is 4. The fraction of sp³-hybridized carbons (Fsp3) is 0.556. The minimum absolute atomic E-state index is 0.552. The summed E-state index contributed by atoms with van der Waals surface area (Å²) < 4.78 is 2.41. The van der Waals surface area contributed by atoms with Crippen molar-refractivity contribution in [2.75, 3.05) is 26.4 Å². The number of rotatable bonds is 6. The zero-order chi connectivity index (χ0) is 16.1. The molecule has 0 atom stereocenters. The summed E-state index contributed by atoms with van der Waals surface area (Å²) in [5.41, 5.74) is 1.17. The summed E-state index contributed by atoms with van der Waals surface area (Å²) in [7, 11) is 4.23. The number of hydrogen-bond donors (Lipinski definition) is 0. The summed E-state index contributed by atoms with van der Waals surface area (Å²) >= 11 is 1.83. The van der Waals surface area contributed by atoms with Gasteiger partial charge in [-0.1, -0.05) is 61.4 Å². The van der Waals surface area contributed by atoms with E-state index in [1.54, 1.807) is 0 Å². The van der Waals surface area contributed by atoms with Gasteiger partial charge in [-0.2, -0.15) is 0 Å². The van der Waals surface area contributed by atoms with Crippen LogP contribution in [-0.4, -0.2) is 46.1 Å². The zero-order valence-corrected chi connectivity index (χ0v) is 14.9. The molecule has 1 fully saturated rings. The van der Waals surface area contributed by atoms with E-state index in [9.17, 15) is 0 Å². The molecule has 1 saturated carbocycles. The Morgan fingerprint density at radius 1 is 1.09 bits per heavy atom. The van der Waals surface area contributed by atoms with Gasteiger partial charge < -0.3 is 4.90 Å². The highest BCUT2D eigenvalue weighted by Crippen LogP contribution is 2.35. The standard InChI is InChI=1S/C18H26N4S/c1-21(2)13-14-23-18-20-19-17(15-9-5-3-6-10-15)22(18)16-11-7-4-8-12-16/h3,5-6,9-10,16H,4,7-8,11-14H2,1-2H3. The topological polar surface area (TPSA) is 34.0 Å². The summed E-state index contributed by atoms with van der Waals surface area (Å²) in [6.45, 7) is 1.06. The van der Waals surface area contributed by atoms with E-state index in [1.807, 2.05) is 11.8 Å². The van der Waals surface area contributed by atoms with Gasteiger partial charge in [-0.25, -0.2) is 0 Å². The third kappa shape index (κ3) is 4.15. The molecule has 1 heterocycles. The minimum atomic E-state index is 0.552. The van der Waals surface area contributed by atoms with Gasteiger partial charge in [0, 0.05) is 23.9 Å². The molecule has 0 amide bonds. The molecular formula is C18H26N4S. The molecule has 1 aliphatic carbocycles. The highest BCUT2D eigenvalue weighted by atomic mass is 32.2. The van der Waals surface area contributed by atoms with Crippen molar-refractivity contribution in [3.05, 3.63) is 30.3 Å². The lowest BCUT2D eigenvalue weighted by molar-refractivity contribution is 0.339. The first-order chi connectivity index (χ1) is 11.3. The Labute approximate surface area is 143 Å². The van der Waals surface area contributed by atoms with Crippen LogP contribution in [0.5, 0.6) is 0 Å². The lowest BCUT2D eigenvalue weighted by Gasteiger charge is -2.25. The number of aromatic nitrogens is 3. The minimum Gasteiger partial charge on any atom is -0.309 e. The highest BCUT2D eigenvalue weighted by molar-refractivity contribution is 7.99. The van der Waals surface area contributed by atoms with Crippen molar-refractivity contribution in [2.24, 2.45) is 0 Å². The zero-order valence-electron chi connectivity index (χ0n) is 14.1. The Morgan fingerprint density at radius 3 is 2.52 bits per heavy atom. The fourth-order valence-electron chi connectivity index (χ4n) is 3.15. The van der Waals surface area contributed by atoms with E-state index in [0.29, 0.717) is 6.04 Å². The Hall–Kier alpha value is -1.33. The number of benzene rings is 1. The molecule has 0 aliphatic heterocycles. The van der Waals surface area contributed by atoms with E-state index >= 15 is 0 Å². The Morgan fingerprint density at radius 2 is 1.83 bits per heavy atom. The van der Waals surface area contributed by atoms with Crippen LogP contribution in [0.25, 0.3) is 11.4 Å². The molecule has 1 aromatic carbocycles. The van der Waals surface area contributed by atoms with Crippen molar-refractivity contribution in [1.29, 1.82) is 0 Å². The van der Waals surface area contributed by atoms with Crippen LogP contribution in [0.4, 0.5) is 0 Å². The van der Waals surface area contributed by atoms with Gasteiger partial charge in [-0.15, -0.1) is 10.2 Å². The molecule has 3 rings (SSSR count). The third-order valence-corrected chi connectivity index (χ3v) is 5.33. The van der Waals surface area contributed by atoms with E-state index in [-0.39, 0.29) is 0 Å². The Balaban J connectivity index is 1.88. The average molecular weight is 331 g/mol. The maximum atomic E-state index is 4.54. The molecule has 1 aliphatic rings. The van der Waals surface area contributed by atoms with Crippen molar-refractivity contribution in [2.45, 2.75) is 43.3 Å². The SMILES string of the molecule is CN(C)CCSc1nnc(-c2ccccc2)n1C1CCCCC1. The lowest BCUT2D eigenvalue weighted by atomic mass is 9.95. The van der Waals surface area contributed by atoms with Crippen molar-refractivity contribution >= 4 is 11.8 Å². The summed E-state index contributed by atoms with van der Waals surface area (Å²) in [5.74, 6) is 2.08. The maximum absolute atomic E-state index is 4.54. The van der Waals surface area contributed by atoms with E-state index in [1.165, 1.54) is 37.7 Å². The largest absolute Gasteiger partial charge is 0.309 e. The molecule has 0 bridgehead atoms. The summed E-state index contributed by atoms with van der Waals surface area (Å²) in [6.07, 6.45) is 6.50. The second-order valence-corrected chi connectivity index (χ2v) is 7.55. The average Bonchev–Trinajstić information content (AvgIpc) is 3.00. The molecule has 0 saturated heterocycles. The van der Waals surface area contributed by atoms with Crippen LogP contribution in [-0.2, 0) is 0 Å². The monoisotopic (exact) mass is 330 g/mol. The molecule has 124 valence electrons. The summed E-state index contributed by atoms with van der Waals surface area (Å²) in [5, 5.41) is 10.1.